The van der Waals surface area contributed by atoms with Gasteiger partial charge in [0.05, 0.1) is 15.5 Å². The van der Waals surface area contributed by atoms with Crippen molar-refractivity contribution < 1.29 is 8.42 Å². The first-order valence-corrected chi connectivity index (χ1v) is 8.26. The van der Waals surface area contributed by atoms with Crippen LogP contribution in [-0.2, 0) is 10.0 Å². The zero-order valence-electron chi connectivity index (χ0n) is 10.9. The van der Waals surface area contributed by atoms with Gasteiger partial charge in [-0.3, -0.25) is 0 Å². The molecule has 1 aromatic carbocycles. The third-order valence-electron chi connectivity index (χ3n) is 3.24. The van der Waals surface area contributed by atoms with Gasteiger partial charge in [0, 0.05) is 6.54 Å². The van der Waals surface area contributed by atoms with Crippen molar-refractivity contribution in [3.05, 3.63) is 40.4 Å². The lowest BCUT2D eigenvalue weighted by Crippen LogP contribution is -2.25. The molecule has 1 aliphatic rings. The molecule has 0 unspecified atom stereocenters. The van der Waals surface area contributed by atoms with Crippen molar-refractivity contribution in [2.75, 3.05) is 6.54 Å². The van der Waals surface area contributed by atoms with Gasteiger partial charge in [-0.1, -0.05) is 23.3 Å². The van der Waals surface area contributed by atoms with E-state index in [1.54, 1.807) is 0 Å². The molecule has 0 aliphatic heterocycles. The van der Waals surface area contributed by atoms with Crippen LogP contribution >= 0.6 is 11.6 Å². The fourth-order valence-electron chi connectivity index (χ4n) is 2.15. The second kappa shape index (κ2) is 6.40. The van der Waals surface area contributed by atoms with E-state index in [0.717, 1.165) is 25.7 Å². The number of allylic oxidation sites excluding steroid dienone is 1. The van der Waals surface area contributed by atoms with E-state index < -0.39 is 10.0 Å². The van der Waals surface area contributed by atoms with E-state index in [0.29, 0.717) is 6.54 Å². The largest absolute Gasteiger partial charge is 0.240 e. The molecule has 0 amide bonds. The number of benzene rings is 1. The monoisotopic (exact) mass is 310 g/mol. The number of nitrogens with one attached hydrogen (secondary N) is 1. The van der Waals surface area contributed by atoms with Crippen LogP contribution in [0, 0.1) is 11.3 Å². The smallest absolute Gasteiger partial charge is 0.211 e. The van der Waals surface area contributed by atoms with E-state index in [1.807, 2.05) is 6.07 Å². The molecule has 0 radical (unpaired) electrons. The van der Waals surface area contributed by atoms with E-state index in [1.165, 1.54) is 23.8 Å². The van der Waals surface area contributed by atoms with Gasteiger partial charge in [0.15, 0.2) is 0 Å². The summed E-state index contributed by atoms with van der Waals surface area (Å²) in [5.74, 6) is 0. The van der Waals surface area contributed by atoms with Crippen LogP contribution in [0.2, 0.25) is 5.02 Å². The first-order chi connectivity index (χ1) is 9.53. The molecule has 0 atom stereocenters. The van der Waals surface area contributed by atoms with Gasteiger partial charge in [0.2, 0.25) is 10.0 Å². The summed E-state index contributed by atoms with van der Waals surface area (Å²) < 4.78 is 26.7. The number of hydrogen-bond donors (Lipinski definition) is 1. The summed E-state index contributed by atoms with van der Waals surface area (Å²) in [5, 5.41) is 8.92. The molecule has 0 bridgehead atoms. The Morgan fingerprint density at radius 2 is 2.20 bits per heavy atom. The highest BCUT2D eigenvalue weighted by Gasteiger charge is 2.15. The zero-order chi connectivity index (χ0) is 14.6. The lowest BCUT2D eigenvalue weighted by Gasteiger charge is -2.08. The number of hydrogen-bond acceptors (Lipinski definition) is 3. The van der Waals surface area contributed by atoms with Crippen molar-refractivity contribution in [2.45, 2.75) is 30.6 Å². The second-order valence-corrected chi connectivity index (χ2v) is 6.83. The van der Waals surface area contributed by atoms with Crippen molar-refractivity contribution >= 4 is 21.6 Å². The molecule has 20 heavy (non-hydrogen) atoms. The Labute approximate surface area is 124 Å². The maximum absolute atomic E-state index is 12.1. The van der Waals surface area contributed by atoms with E-state index in [4.69, 9.17) is 16.9 Å². The molecule has 0 aromatic heterocycles. The Morgan fingerprint density at radius 1 is 1.40 bits per heavy atom. The number of rotatable bonds is 5. The summed E-state index contributed by atoms with van der Waals surface area (Å²) >= 11 is 5.85. The van der Waals surface area contributed by atoms with Crippen LogP contribution in [0.15, 0.2) is 34.7 Å². The minimum Gasteiger partial charge on any atom is -0.211 e. The highest BCUT2D eigenvalue weighted by Crippen LogP contribution is 2.21. The normalized spacial score (nSPS) is 14.9. The Bertz CT molecular complexity index is 675. The van der Waals surface area contributed by atoms with Crippen LogP contribution in [0.4, 0.5) is 0 Å². The molecule has 0 saturated carbocycles. The Kier molecular flexibility index (Phi) is 4.81. The minimum absolute atomic E-state index is 0.0851. The highest BCUT2D eigenvalue weighted by molar-refractivity contribution is 7.89. The fourth-order valence-corrected chi connectivity index (χ4v) is 3.49. The van der Waals surface area contributed by atoms with Crippen LogP contribution in [0.25, 0.3) is 0 Å². The number of sulfonamides is 1. The molecule has 0 heterocycles. The molecule has 2 rings (SSSR count). The minimum atomic E-state index is -3.57. The van der Waals surface area contributed by atoms with Crippen molar-refractivity contribution in [1.82, 2.24) is 4.72 Å². The summed E-state index contributed by atoms with van der Waals surface area (Å²) in [7, 11) is -3.57. The average molecular weight is 311 g/mol. The van der Waals surface area contributed by atoms with Crippen LogP contribution in [0.5, 0.6) is 0 Å². The second-order valence-electron chi connectivity index (χ2n) is 4.66. The van der Waals surface area contributed by atoms with Crippen LogP contribution < -0.4 is 4.72 Å². The van der Waals surface area contributed by atoms with Crippen LogP contribution in [-0.4, -0.2) is 15.0 Å². The standard InChI is InChI=1S/C14H15ClN2O2S/c15-14-9-13(6-5-12(14)10-16)20(18,19)17-8-7-11-3-1-2-4-11/h3,5-6,9,17H,1-2,4,7-8H2. The predicted molar refractivity (Wildman–Crippen MR) is 77.9 cm³/mol. The van der Waals surface area contributed by atoms with Gasteiger partial charge in [0.1, 0.15) is 6.07 Å². The fraction of sp³-hybridized carbons (Fsp3) is 0.357. The highest BCUT2D eigenvalue weighted by atomic mass is 35.5. The number of halogens is 1. The molecule has 1 aromatic rings. The van der Waals surface area contributed by atoms with Crippen molar-refractivity contribution in [1.29, 1.82) is 5.26 Å². The van der Waals surface area contributed by atoms with Crippen molar-refractivity contribution in [3.8, 4) is 6.07 Å². The molecular weight excluding hydrogens is 296 g/mol. The van der Waals surface area contributed by atoms with Gasteiger partial charge in [-0.15, -0.1) is 0 Å². The predicted octanol–water partition coefficient (Wildman–Crippen LogP) is 2.99. The molecule has 1 aliphatic carbocycles. The Morgan fingerprint density at radius 3 is 2.80 bits per heavy atom. The molecular formula is C14H15ClN2O2S. The van der Waals surface area contributed by atoms with Crippen LogP contribution in [0.1, 0.15) is 31.2 Å². The summed E-state index contributed by atoms with van der Waals surface area (Å²) in [6.07, 6.45) is 6.22. The molecule has 0 fully saturated rings. The molecule has 6 heteroatoms. The topological polar surface area (TPSA) is 70.0 Å². The van der Waals surface area contributed by atoms with E-state index in [2.05, 4.69) is 10.8 Å². The molecule has 106 valence electrons. The third kappa shape index (κ3) is 3.60. The van der Waals surface area contributed by atoms with E-state index in [-0.39, 0.29) is 15.5 Å². The Hall–Kier alpha value is -1.35. The Balaban J connectivity index is 2.02. The summed E-state index contributed by atoms with van der Waals surface area (Å²) in [6, 6.07) is 6.01. The zero-order valence-corrected chi connectivity index (χ0v) is 12.5. The van der Waals surface area contributed by atoms with Gasteiger partial charge in [0.25, 0.3) is 0 Å². The van der Waals surface area contributed by atoms with Crippen LogP contribution in [0.3, 0.4) is 0 Å². The van der Waals surface area contributed by atoms with Gasteiger partial charge in [-0.05, 0) is 43.9 Å². The van der Waals surface area contributed by atoms with Gasteiger partial charge < -0.3 is 0 Å². The maximum atomic E-state index is 12.1. The number of nitrogens with zero attached hydrogens (tertiary/aromatic N) is 1. The van der Waals surface area contributed by atoms with E-state index >= 15 is 0 Å². The van der Waals surface area contributed by atoms with Crippen molar-refractivity contribution in [2.24, 2.45) is 0 Å². The molecule has 4 nitrogen and oxygen atoms in total. The first kappa shape index (κ1) is 15.0. The lowest BCUT2D eigenvalue weighted by atomic mass is 10.2. The average Bonchev–Trinajstić information content (AvgIpc) is 2.91. The van der Waals surface area contributed by atoms with E-state index in [9.17, 15) is 8.42 Å². The summed E-state index contributed by atoms with van der Waals surface area (Å²) in [5.41, 5.74) is 1.58. The molecule has 1 N–H and O–H groups in total. The molecule has 0 saturated heterocycles. The summed E-state index contributed by atoms with van der Waals surface area (Å²) in [4.78, 5) is 0.0851. The van der Waals surface area contributed by atoms with Crippen molar-refractivity contribution in [3.63, 3.8) is 0 Å². The summed E-state index contributed by atoms with van der Waals surface area (Å²) in [6.45, 7) is 0.381. The lowest BCUT2D eigenvalue weighted by molar-refractivity contribution is 0.581. The van der Waals surface area contributed by atoms with Gasteiger partial charge in [-0.25, -0.2) is 13.1 Å². The maximum Gasteiger partial charge on any atom is 0.240 e. The van der Waals surface area contributed by atoms with Gasteiger partial charge in [-0.2, -0.15) is 5.26 Å². The quantitative estimate of drug-likeness (QED) is 0.850. The first-order valence-electron chi connectivity index (χ1n) is 6.40. The SMILES string of the molecule is N#Cc1ccc(S(=O)(=O)NCCC2=CCCC2)cc1Cl. The number of nitriles is 1. The van der Waals surface area contributed by atoms with Gasteiger partial charge >= 0.3 is 0 Å². The third-order valence-corrected chi connectivity index (χ3v) is 5.02. The molecule has 0 spiro atoms.